The van der Waals surface area contributed by atoms with Crippen LogP contribution >= 0.6 is 23.1 Å². The number of aromatic nitrogens is 5. The number of carboxylic acids is 1. The lowest BCUT2D eigenvalue weighted by Crippen LogP contribution is -2.45. The zero-order valence-corrected chi connectivity index (χ0v) is 34.5. The van der Waals surface area contributed by atoms with Crippen molar-refractivity contribution in [1.29, 1.82) is 0 Å². The lowest BCUT2D eigenvalue weighted by atomic mass is 9.93. The van der Waals surface area contributed by atoms with Crippen LogP contribution in [0.4, 0.5) is 4.39 Å². The van der Waals surface area contributed by atoms with Crippen molar-refractivity contribution in [3.63, 3.8) is 0 Å². The smallest absolute Gasteiger partial charge is 0.345 e. The number of nitrogens with zero attached hydrogens (tertiary/aromatic N) is 7. The molecule has 0 amide bonds. The second kappa shape index (κ2) is 18.5. The molecule has 306 valence electrons. The zero-order valence-electron chi connectivity index (χ0n) is 32.9. The number of aliphatic carboxylic acids is 1. The molecule has 0 radical (unpaired) electrons. The van der Waals surface area contributed by atoms with Crippen molar-refractivity contribution in [2.24, 2.45) is 0 Å². The van der Waals surface area contributed by atoms with Crippen LogP contribution in [0.15, 0.2) is 104 Å². The summed E-state index contributed by atoms with van der Waals surface area (Å²) in [7, 11) is 2.12. The summed E-state index contributed by atoms with van der Waals surface area (Å²) in [5.74, 6) is 0.0367. The third-order valence-electron chi connectivity index (χ3n) is 10.4. The zero-order chi connectivity index (χ0) is 41.6. The molecule has 1 fully saturated rings. The lowest BCUT2D eigenvalue weighted by Gasteiger charge is -2.32. The fourth-order valence-electron chi connectivity index (χ4n) is 7.10. The first-order valence-electron chi connectivity index (χ1n) is 19.4. The van der Waals surface area contributed by atoms with Crippen LogP contribution in [0.1, 0.15) is 16.8 Å². The van der Waals surface area contributed by atoms with Crippen molar-refractivity contribution in [3.8, 4) is 51.2 Å². The first kappa shape index (κ1) is 40.7. The number of carboxylic acid groups (broad SMARTS) is 1. The van der Waals surface area contributed by atoms with Crippen LogP contribution in [-0.4, -0.2) is 97.7 Å². The van der Waals surface area contributed by atoms with Gasteiger partial charge in [-0.05, 0) is 84.7 Å². The molecule has 8 rings (SSSR count). The van der Waals surface area contributed by atoms with E-state index in [0.29, 0.717) is 78.2 Å². The van der Waals surface area contributed by atoms with Crippen molar-refractivity contribution < 1.29 is 28.5 Å². The van der Waals surface area contributed by atoms with Crippen molar-refractivity contribution in [1.82, 2.24) is 34.1 Å². The number of ether oxygens (including phenoxy) is 3. The summed E-state index contributed by atoms with van der Waals surface area (Å²) in [4.78, 5) is 35.5. The molecule has 12 nitrogen and oxygen atoms in total. The molecule has 1 atom stereocenters. The van der Waals surface area contributed by atoms with Crippen LogP contribution in [0.2, 0.25) is 5.02 Å². The number of piperazine rings is 1. The highest BCUT2D eigenvalue weighted by molar-refractivity contribution is 7.13. The number of hydrogen-bond donors (Lipinski definition) is 1. The van der Waals surface area contributed by atoms with Gasteiger partial charge < -0.3 is 24.2 Å². The van der Waals surface area contributed by atoms with Gasteiger partial charge in [-0.1, -0.05) is 48.0 Å². The number of pyridine rings is 2. The molecule has 4 aromatic heterocycles. The van der Waals surface area contributed by atoms with Crippen molar-refractivity contribution in [2.45, 2.75) is 26.1 Å². The summed E-state index contributed by atoms with van der Waals surface area (Å²) in [6, 6.07) is 22.5. The maximum absolute atomic E-state index is 14.7. The molecule has 3 aromatic carbocycles. The molecular formula is C45H41ClFN7O5S. The van der Waals surface area contributed by atoms with Crippen LogP contribution in [-0.2, 0) is 17.8 Å². The first-order valence-corrected chi connectivity index (χ1v) is 20.6. The first-order chi connectivity index (χ1) is 29.2. The number of carbonyl (C=O) groups is 1. The van der Waals surface area contributed by atoms with E-state index in [1.54, 1.807) is 55.1 Å². The van der Waals surface area contributed by atoms with E-state index in [0.717, 1.165) is 49.8 Å². The van der Waals surface area contributed by atoms with Crippen molar-refractivity contribution >= 4 is 39.2 Å². The van der Waals surface area contributed by atoms with Gasteiger partial charge in [0.15, 0.2) is 5.82 Å². The van der Waals surface area contributed by atoms with Crippen LogP contribution in [0.25, 0.3) is 43.9 Å². The molecule has 0 spiro atoms. The fourth-order valence-corrected chi connectivity index (χ4v) is 8.02. The lowest BCUT2D eigenvalue weighted by molar-refractivity contribution is -0.145. The van der Waals surface area contributed by atoms with Gasteiger partial charge in [-0.2, -0.15) is 4.37 Å². The van der Waals surface area contributed by atoms with Crippen LogP contribution in [0.5, 0.6) is 17.4 Å². The number of halogens is 2. The second-order valence-electron chi connectivity index (χ2n) is 14.4. The van der Waals surface area contributed by atoms with Gasteiger partial charge in [0.25, 0.3) is 0 Å². The number of para-hydroxylation sites is 1. The highest BCUT2D eigenvalue weighted by atomic mass is 35.5. The van der Waals surface area contributed by atoms with Gasteiger partial charge in [0.2, 0.25) is 12.0 Å². The van der Waals surface area contributed by atoms with E-state index in [-0.39, 0.29) is 18.9 Å². The Morgan fingerprint density at radius 2 is 1.75 bits per heavy atom. The fraction of sp³-hybridized carbons (Fsp3) is 0.244. The molecule has 15 heteroatoms. The Morgan fingerprint density at radius 3 is 2.55 bits per heavy atom. The second-order valence-corrected chi connectivity index (χ2v) is 15.6. The Labute approximate surface area is 355 Å². The van der Waals surface area contributed by atoms with E-state index in [1.807, 2.05) is 43.3 Å². The Balaban J connectivity index is 1.09. The summed E-state index contributed by atoms with van der Waals surface area (Å²) in [5.41, 5.74) is 5.02. The van der Waals surface area contributed by atoms with Gasteiger partial charge in [-0.3, -0.25) is 14.9 Å². The average Bonchev–Trinajstić information content (AvgIpc) is 3.68. The molecule has 60 heavy (non-hydrogen) atoms. The monoisotopic (exact) mass is 845 g/mol. The van der Waals surface area contributed by atoms with Gasteiger partial charge in [0, 0.05) is 80.6 Å². The summed E-state index contributed by atoms with van der Waals surface area (Å²) < 4.78 is 38.8. The Bertz CT molecular complexity index is 2630. The number of benzene rings is 3. The molecule has 7 aromatic rings. The minimum Gasteiger partial charge on any atom is -0.491 e. The molecule has 1 saturated heterocycles. The van der Waals surface area contributed by atoms with Gasteiger partial charge in [-0.15, -0.1) is 0 Å². The Kier molecular flexibility index (Phi) is 12.5. The summed E-state index contributed by atoms with van der Waals surface area (Å²) >= 11 is 8.17. The molecule has 0 bridgehead atoms. The van der Waals surface area contributed by atoms with Crippen LogP contribution in [0, 0.1) is 12.7 Å². The predicted molar refractivity (Wildman–Crippen MR) is 229 cm³/mol. The normalized spacial score (nSPS) is 13.9. The van der Waals surface area contributed by atoms with E-state index in [2.05, 4.69) is 36.2 Å². The third kappa shape index (κ3) is 9.21. The summed E-state index contributed by atoms with van der Waals surface area (Å²) in [6.07, 6.45) is 5.25. The minimum absolute atomic E-state index is 0.0429. The standard InChI is InChI=1S/C45H41ClFN7O5S/c1-28-34(10-11-36(41(28)46)57-23-22-54-20-18-53(2)19-21-54)39-40-38(26-50-42(39)31-7-5-8-32(47)24-31)60-52-44(40)59-37(45(55)56)25-30-6-3-4-9-35(30)58-27-33-14-17-49-43(51-33)29-12-15-48-16-13-29/h3-17,24,26,37H,18-23,25,27H2,1-2H3,(H,55,56). The minimum atomic E-state index is -1.36. The molecule has 1 N–H and O–H groups in total. The molecule has 0 saturated carbocycles. The molecule has 1 aliphatic rings. The average molecular weight is 846 g/mol. The Morgan fingerprint density at radius 1 is 0.933 bits per heavy atom. The highest BCUT2D eigenvalue weighted by Gasteiger charge is 2.28. The summed E-state index contributed by atoms with van der Waals surface area (Å²) in [6.45, 7) is 7.24. The highest BCUT2D eigenvalue weighted by Crippen LogP contribution is 2.46. The summed E-state index contributed by atoms with van der Waals surface area (Å²) in [5, 5.41) is 11.5. The van der Waals surface area contributed by atoms with Crippen molar-refractivity contribution in [3.05, 3.63) is 131 Å². The van der Waals surface area contributed by atoms with Crippen LogP contribution < -0.4 is 14.2 Å². The van der Waals surface area contributed by atoms with E-state index >= 15 is 0 Å². The van der Waals surface area contributed by atoms with Gasteiger partial charge in [-0.25, -0.2) is 19.2 Å². The van der Waals surface area contributed by atoms with E-state index < -0.39 is 17.9 Å². The largest absolute Gasteiger partial charge is 0.491 e. The molecule has 1 unspecified atom stereocenters. The number of rotatable bonds is 15. The SMILES string of the molecule is Cc1c(-c2c(-c3cccc(F)c3)ncc3snc(OC(Cc4ccccc4OCc4ccnc(-c5ccncc5)n4)C(=O)O)c23)ccc(OCCN2CCN(C)CC2)c1Cl. The maximum Gasteiger partial charge on any atom is 0.345 e. The van der Waals surface area contributed by atoms with E-state index in [4.69, 9.17) is 30.8 Å². The van der Waals surface area contributed by atoms with Gasteiger partial charge in [0.05, 0.1) is 26.5 Å². The van der Waals surface area contributed by atoms with Crippen LogP contribution in [0.3, 0.4) is 0 Å². The predicted octanol–water partition coefficient (Wildman–Crippen LogP) is 8.26. The number of fused-ring (bicyclic) bond motifs is 1. The Hall–Kier alpha value is -6.06. The molecular weight excluding hydrogens is 805 g/mol. The quantitative estimate of drug-likeness (QED) is 0.106. The topological polar surface area (TPSA) is 136 Å². The van der Waals surface area contributed by atoms with Gasteiger partial charge >= 0.3 is 5.97 Å². The van der Waals surface area contributed by atoms with E-state index in [1.165, 1.54) is 12.1 Å². The van der Waals surface area contributed by atoms with Gasteiger partial charge in [0.1, 0.15) is 30.5 Å². The number of hydrogen-bond acceptors (Lipinski definition) is 12. The molecule has 1 aliphatic heterocycles. The molecule has 5 heterocycles. The molecule has 0 aliphatic carbocycles. The third-order valence-corrected chi connectivity index (χ3v) is 11.6. The van der Waals surface area contributed by atoms with E-state index in [9.17, 15) is 14.3 Å². The maximum atomic E-state index is 14.7. The van der Waals surface area contributed by atoms with Crippen molar-refractivity contribution in [2.75, 3.05) is 46.4 Å². The number of likely N-dealkylation sites (N-methyl/N-ethyl adjacent to an activating group) is 1.